The van der Waals surface area contributed by atoms with Gasteiger partial charge in [0, 0.05) is 13.0 Å². The molecule has 2 aliphatic carbocycles. The zero-order valence-corrected chi connectivity index (χ0v) is 10.3. The van der Waals surface area contributed by atoms with Crippen LogP contribution in [-0.2, 0) is 10.3 Å². The number of nitrogens with two attached hydrogens (primary N) is 1. The van der Waals surface area contributed by atoms with Crippen LogP contribution in [0.25, 0.3) is 0 Å². The lowest BCUT2D eigenvalue weighted by Gasteiger charge is -2.18. The van der Waals surface area contributed by atoms with Crippen LogP contribution in [-0.4, -0.2) is 23.9 Å². The number of aromatic nitrogens is 2. The fourth-order valence-corrected chi connectivity index (χ4v) is 2.91. The minimum absolute atomic E-state index is 0.391. The lowest BCUT2D eigenvalue weighted by atomic mass is 10.0. The molecule has 0 amide bonds. The van der Waals surface area contributed by atoms with E-state index in [1.165, 1.54) is 19.3 Å². The van der Waals surface area contributed by atoms with Crippen molar-refractivity contribution >= 4 is 0 Å². The molecule has 1 aromatic heterocycles. The van der Waals surface area contributed by atoms with Crippen LogP contribution in [0.1, 0.15) is 43.8 Å². The fourth-order valence-electron chi connectivity index (χ4n) is 2.91. The van der Waals surface area contributed by atoms with Crippen LogP contribution >= 0.6 is 0 Å². The molecule has 5 heteroatoms. The van der Waals surface area contributed by atoms with Crippen LogP contribution in [0.3, 0.4) is 0 Å². The first-order valence-corrected chi connectivity index (χ1v) is 6.22. The Labute approximate surface area is 101 Å². The second kappa shape index (κ2) is 3.78. The summed E-state index contributed by atoms with van der Waals surface area (Å²) >= 11 is 0. The largest absolute Gasteiger partial charge is 0.382 e. The summed E-state index contributed by atoms with van der Waals surface area (Å²) in [5.74, 6) is 3.60. The first-order valence-electron chi connectivity index (χ1n) is 6.22. The second-order valence-corrected chi connectivity index (χ2v) is 5.73. The minimum atomic E-state index is -0.669. The number of hydrogen-bond acceptors (Lipinski definition) is 5. The van der Waals surface area contributed by atoms with Crippen molar-refractivity contribution < 1.29 is 9.26 Å². The Morgan fingerprint density at radius 1 is 1.41 bits per heavy atom. The van der Waals surface area contributed by atoms with Crippen LogP contribution < -0.4 is 5.73 Å². The van der Waals surface area contributed by atoms with Gasteiger partial charge in [0.1, 0.15) is 5.54 Å². The van der Waals surface area contributed by atoms with Gasteiger partial charge < -0.3 is 15.0 Å². The van der Waals surface area contributed by atoms with Gasteiger partial charge >= 0.3 is 0 Å². The third-order valence-electron chi connectivity index (χ3n) is 3.99. The molecule has 0 aliphatic heterocycles. The SMILES string of the molecule is COCC(C)(N)c1noc(C2CC3CC3C2)n1. The fraction of sp³-hybridized carbons (Fsp3) is 0.833. The van der Waals surface area contributed by atoms with Crippen LogP contribution in [0.15, 0.2) is 4.52 Å². The van der Waals surface area contributed by atoms with Gasteiger partial charge in [0.2, 0.25) is 5.89 Å². The monoisotopic (exact) mass is 237 g/mol. The van der Waals surface area contributed by atoms with E-state index in [-0.39, 0.29) is 0 Å². The van der Waals surface area contributed by atoms with Crippen molar-refractivity contribution in [3.05, 3.63) is 11.7 Å². The molecule has 17 heavy (non-hydrogen) atoms. The Kier molecular flexibility index (Phi) is 2.48. The lowest BCUT2D eigenvalue weighted by molar-refractivity contribution is 0.135. The van der Waals surface area contributed by atoms with Gasteiger partial charge in [0.25, 0.3) is 0 Å². The molecular formula is C12H19N3O2. The molecular weight excluding hydrogens is 218 g/mol. The van der Waals surface area contributed by atoms with Crippen LogP contribution in [0, 0.1) is 11.8 Å². The molecule has 3 unspecified atom stereocenters. The van der Waals surface area contributed by atoms with Gasteiger partial charge in [-0.2, -0.15) is 4.98 Å². The van der Waals surface area contributed by atoms with Gasteiger partial charge in [-0.3, -0.25) is 0 Å². The van der Waals surface area contributed by atoms with E-state index in [2.05, 4.69) is 10.1 Å². The van der Waals surface area contributed by atoms with Crippen molar-refractivity contribution in [2.45, 2.75) is 37.6 Å². The van der Waals surface area contributed by atoms with E-state index in [9.17, 15) is 0 Å². The number of fused-ring (bicyclic) bond motifs is 1. The smallest absolute Gasteiger partial charge is 0.229 e. The van der Waals surface area contributed by atoms with Gasteiger partial charge in [-0.05, 0) is 38.0 Å². The van der Waals surface area contributed by atoms with Crippen LogP contribution in [0.2, 0.25) is 0 Å². The standard InChI is InChI=1S/C12H19N3O2/c1-12(13,6-16-2)11-14-10(17-15-11)9-4-7-3-8(7)5-9/h7-9H,3-6,13H2,1-2H3. The van der Waals surface area contributed by atoms with Crippen molar-refractivity contribution in [1.82, 2.24) is 10.1 Å². The zero-order chi connectivity index (χ0) is 12.0. The number of rotatable bonds is 4. The molecule has 94 valence electrons. The van der Waals surface area contributed by atoms with Gasteiger partial charge in [-0.25, -0.2) is 0 Å². The maximum absolute atomic E-state index is 6.09. The molecule has 3 atom stereocenters. The summed E-state index contributed by atoms with van der Waals surface area (Å²) in [6, 6.07) is 0. The van der Waals surface area contributed by atoms with Gasteiger partial charge in [0.15, 0.2) is 5.82 Å². The summed E-state index contributed by atoms with van der Waals surface area (Å²) in [6.07, 6.45) is 3.81. The van der Waals surface area contributed by atoms with Crippen molar-refractivity contribution in [3.63, 3.8) is 0 Å². The molecule has 0 radical (unpaired) electrons. The molecule has 2 aliphatic rings. The average molecular weight is 237 g/mol. The van der Waals surface area contributed by atoms with Crippen molar-refractivity contribution in [2.24, 2.45) is 17.6 Å². The molecule has 2 fully saturated rings. The van der Waals surface area contributed by atoms with E-state index in [0.29, 0.717) is 18.3 Å². The van der Waals surface area contributed by atoms with E-state index in [4.69, 9.17) is 15.0 Å². The van der Waals surface area contributed by atoms with Crippen molar-refractivity contribution in [2.75, 3.05) is 13.7 Å². The predicted octanol–water partition coefficient (Wildman–Crippen LogP) is 1.40. The summed E-state index contributed by atoms with van der Waals surface area (Å²) in [7, 11) is 1.62. The normalized spacial score (nSPS) is 34.4. The molecule has 0 saturated heterocycles. The minimum Gasteiger partial charge on any atom is -0.382 e. The summed E-state index contributed by atoms with van der Waals surface area (Å²) < 4.78 is 10.4. The summed E-state index contributed by atoms with van der Waals surface area (Å²) in [6.45, 7) is 2.25. The molecule has 3 rings (SSSR count). The molecule has 2 saturated carbocycles. The Hall–Kier alpha value is -0.940. The van der Waals surface area contributed by atoms with Gasteiger partial charge in [-0.15, -0.1) is 0 Å². The third kappa shape index (κ3) is 1.98. The molecule has 0 spiro atoms. The molecule has 2 N–H and O–H groups in total. The molecule has 1 heterocycles. The summed E-state index contributed by atoms with van der Waals surface area (Å²) in [5.41, 5.74) is 5.42. The van der Waals surface area contributed by atoms with E-state index >= 15 is 0 Å². The second-order valence-electron chi connectivity index (χ2n) is 5.73. The summed E-state index contributed by atoms with van der Waals surface area (Å²) in [5, 5.41) is 4.00. The van der Waals surface area contributed by atoms with E-state index in [0.717, 1.165) is 17.7 Å². The highest BCUT2D eigenvalue weighted by Gasteiger charge is 2.48. The highest BCUT2D eigenvalue weighted by Crippen LogP contribution is 2.57. The molecule has 1 aromatic rings. The predicted molar refractivity (Wildman–Crippen MR) is 61.3 cm³/mol. The Bertz CT molecular complexity index is 406. The van der Waals surface area contributed by atoms with E-state index in [1.807, 2.05) is 6.92 Å². The molecule has 5 nitrogen and oxygen atoms in total. The summed E-state index contributed by atoms with van der Waals surface area (Å²) in [4.78, 5) is 4.45. The third-order valence-corrected chi connectivity index (χ3v) is 3.99. The topological polar surface area (TPSA) is 74.2 Å². The highest BCUT2D eigenvalue weighted by atomic mass is 16.5. The van der Waals surface area contributed by atoms with Crippen molar-refractivity contribution in [1.29, 1.82) is 0 Å². The number of ether oxygens (including phenoxy) is 1. The number of nitrogens with zero attached hydrogens (tertiary/aromatic N) is 2. The first-order chi connectivity index (χ1) is 8.10. The van der Waals surface area contributed by atoms with Crippen LogP contribution in [0.4, 0.5) is 0 Å². The Morgan fingerprint density at radius 3 is 2.76 bits per heavy atom. The first kappa shape index (κ1) is 11.2. The molecule has 0 aromatic carbocycles. The van der Waals surface area contributed by atoms with E-state index < -0.39 is 5.54 Å². The maximum atomic E-state index is 6.09. The number of hydrogen-bond donors (Lipinski definition) is 1. The lowest BCUT2D eigenvalue weighted by Crippen LogP contribution is -2.39. The van der Waals surface area contributed by atoms with Gasteiger partial charge in [0.05, 0.1) is 6.61 Å². The van der Waals surface area contributed by atoms with E-state index in [1.54, 1.807) is 7.11 Å². The quantitative estimate of drug-likeness (QED) is 0.856. The maximum Gasteiger partial charge on any atom is 0.229 e. The average Bonchev–Trinajstić information content (AvgIpc) is 2.75. The molecule has 0 bridgehead atoms. The number of methoxy groups -OCH3 is 1. The van der Waals surface area contributed by atoms with Crippen LogP contribution in [0.5, 0.6) is 0 Å². The highest BCUT2D eigenvalue weighted by molar-refractivity contribution is 5.09. The Balaban J connectivity index is 1.73. The Morgan fingerprint density at radius 2 is 2.12 bits per heavy atom. The zero-order valence-electron chi connectivity index (χ0n) is 10.3. The van der Waals surface area contributed by atoms with Gasteiger partial charge in [-0.1, -0.05) is 5.16 Å². The van der Waals surface area contributed by atoms with Crippen molar-refractivity contribution in [3.8, 4) is 0 Å².